The van der Waals surface area contributed by atoms with E-state index < -0.39 is 0 Å². The maximum absolute atomic E-state index is 12.9. The molecule has 0 bridgehead atoms. The van der Waals surface area contributed by atoms with Gasteiger partial charge in [0.25, 0.3) is 5.91 Å². The molecule has 160 valence electrons. The summed E-state index contributed by atoms with van der Waals surface area (Å²) < 4.78 is 16.0. The average molecular weight is 433 g/mol. The van der Waals surface area contributed by atoms with Crippen LogP contribution >= 0.6 is 11.6 Å². The van der Waals surface area contributed by atoms with Crippen molar-refractivity contribution in [3.63, 3.8) is 0 Å². The van der Waals surface area contributed by atoms with Crippen LogP contribution in [0.15, 0.2) is 36.4 Å². The van der Waals surface area contributed by atoms with Gasteiger partial charge in [-0.2, -0.15) is 0 Å². The molecule has 30 heavy (non-hydrogen) atoms. The van der Waals surface area contributed by atoms with Crippen LogP contribution in [0.4, 0.5) is 5.69 Å². The summed E-state index contributed by atoms with van der Waals surface area (Å²) in [6, 6.07) is 10.1. The van der Waals surface area contributed by atoms with Crippen molar-refractivity contribution in [2.45, 2.75) is 12.8 Å². The standard InChI is InChI=1S/C22H25ClN2O5/c1-28-18-11-17(12-19(29-2)20(18)30-3)24-21(26)15-5-4-10-25(13-15)22(27)14-6-8-16(23)9-7-14/h6-9,11-12,15H,4-5,10,13H2,1-3H3,(H,24,26). The molecule has 1 aliphatic heterocycles. The lowest BCUT2D eigenvalue weighted by molar-refractivity contribution is -0.121. The zero-order chi connectivity index (χ0) is 21.7. The fourth-order valence-electron chi connectivity index (χ4n) is 3.55. The Morgan fingerprint density at radius 2 is 1.67 bits per heavy atom. The van der Waals surface area contributed by atoms with Crippen LogP contribution in [0.1, 0.15) is 23.2 Å². The molecule has 2 aromatic rings. The molecule has 2 aromatic carbocycles. The second-order valence-electron chi connectivity index (χ2n) is 7.00. The van der Waals surface area contributed by atoms with Gasteiger partial charge in [0.2, 0.25) is 11.7 Å². The molecular weight excluding hydrogens is 408 g/mol. The number of carbonyl (C=O) groups is 2. The molecule has 7 nitrogen and oxygen atoms in total. The van der Waals surface area contributed by atoms with E-state index in [1.807, 2.05) is 0 Å². The van der Waals surface area contributed by atoms with Crippen LogP contribution in [0.2, 0.25) is 5.02 Å². The lowest BCUT2D eigenvalue weighted by atomic mass is 9.96. The number of piperidine rings is 1. The number of ether oxygens (including phenoxy) is 3. The first-order valence-corrected chi connectivity index (χ1v) is 10.00. The van der Waals surface area contributed by atoms with E-state index in [1.165, 1.54) is 21.3 Å². The predicted molar refractivity (Wildman–Crippen MR) is 115 cm³/mol. The Labute approximate surface area is 180 Å². The molecule has 1 N–H and O–H groups in total. The van der Waals surface area contributed by atoms with Crippen molar-refractivity contribution in [3.05, 3.63) is 47.0 Å². The highest BCUT2D eigenvalue weighted by molar-refractivity contribution is 6.30. The van der Waals surface area contributed by atoms with E-state index in [1.54, 1.807) is 41.3 Å². The molecule has 0 aromatic heterocycles. The fraction of sp³-hybridized carbons (Fsp3) is 0.364. The van der Waals surface area contributed by atoms with Gasteiger partial charge in [0.1, 0.15) is 0 Å². The van der Waals surface area contributed by atoms with Crippen molar-refractivity contribution >= 4 is 29.1 Å². The molecule has 0 spiro atoms. The summed E-state index contributed by atoms with van der Waals surface area (Å²) in [5.41, 5.74) is 1.10. The van der Waals surface area contributed by atoms with Crippen molar-refractivity contribution in [3.8, 4) is 17.2 Å². The Bertz CT molecular complexity index is 891. The highest BCUT2D eigenvalue weighted by atomic mass is 35.5. The van der Waals surface area contributed by atoms with Gasteiger partial charge in [-0.3, -0.25) is 9.59 Å². The topological polar surface area (TPSA) is 77.1 Å². The van der Waals surface area contributed by atoms with Gasteiger partial charge in [0, 0.05) is 41.5 Å². The molecule has 2 amide bonds. The highest BCUT2D eigenvalue weighted by Crippen LogP contribution is 2.40. The predicted octanol–water partition coefficient (Wildman–Crippen LogP) is 3.86. The van der Waals surface area contributed by atoms with Crippen LogP contribution in [0.25, 0.3) is 0 Å². The first kappa shape index (κ1) is 21.8. The van der Waals surface area contributed by atoms with Gasteiger partial charge in [-0.25, -0.2) is 0 Å². The molecule has 0 saturated carbocycles. The van der Waals surface area contributed by atoms with E-state index in [4.69, 9.17) is 25.8 Å². The minimum absolute atomic E-state index is 0.100. The van der Waals surface area contributed by atoms with Crippen molar-refractivity contribution in [2.75, 3.05) is 39.7 Å². The minimum Gasteiger partial charge on any atom is -0.493 e. The molecule has 1 atom stereocenters. The van der Waals surface area contributed by atoms with Crippen LogP contribution < -0.4 is 19.5 Å². The maximum Gasteiger partial charge on any atom is 0.253 e. The van der Waals surface area contributed by atoms with Crippen LogP contribution in [0, 0.1) is 5.92 Å². The van der Waals surface area contributed by atoms with Crippen molar-refractivity contribution < 1.29 is 23.8 Å². The molecule has 1 aliphatic rings. The lowest BCUT2D eigenvalue weighted by Crippen LogP contribution is -2.43. The van der Waals surface area contributed by atoms with Crippen molar-refractivity contribution in [2.24, 2.45) is 5.92 Å². The maximum atomic E-state index is 12.9. The normalized spacial score (nSPS) is 16.0. The highest BCUT2D eigenvalue weighted by Gasteiger charge is 2.29. The van der Waals surface area contributed by atoms with Crippen LogP contribution in [0.3, 0.4) is 0 Å². The van der Waals surface area contributed by atoms with Crippen molar-refractivity contribution in [1.29, 1.82) is 0 Å². The molecule has 1 saturated heterocycles. The second kappa shape index (κ2) is 9.71. The first-order valence-electron chi connectivity index (χ1n) is 9.62. The third kappa shape index (κ3) is 4.79. The van der Waals surface area contributed by atoms with Gasteiger partial charge in [0.05, 0.1) is 27.2 Å². The summed E-state index contributed by atoms with van der Waals surface area (Å²) in [7, 11) is 4.56. The summed E-state index contributed by atoms with van der Waals surface area (Å²) in [5, 5.41) is 3.49. The van der Waals surface area contributed by atoms with Crippen LogP contribution in [0.5, 0.6) is 17.2 Å². The summed E-state index contributed by atoms with van der Waals surface area (Å²) in [5.74, 6) is 0.796. The zero-order valence-corrected chi connectivity index (χ0v) is 18.0. The number of benzene rings is 2. The number of likely N-dealkylation sites (tertiary alicyclic amines) is 1. The molecule has 0 radical (unpaired) electrons. The van der Waals surface area contributed by atoms with E-state index in [9.17, 15) is 9.59 Å². The molecule has 8 heteroatoms. The molecular formula is C22H25ClN2O5. The number of amides is 2. The van der Waals surface area contributed by atoms with Gasteiger partial charge < -0.3 is 24.4 Å². The molecule has 0 aliphatic carbocycles. The molecule has 1 fully saturated rings. The van der Waals surface area contributed by atoms with E-state index >= 15 is 0 Å². The van der Waals surface area contributed by atoms with Gasteiger partial charge in [0.15, 0.2) is 11.5 Å². The number of hydrogen-bond acceptors (Lipinski definition) is 5. The summed E-state index contributed by atoms with van der Waals surface area (Å²) in [4.78, 5) is 27.4. The smallest absolute Gasteiger partial charge is 0.253 e. The number of carbonyl (C=O) groups excluding carboxylic acids is 2. The number of rotatable bonds is 6. The van der Waals surface area contributed by atoms with Crippen LogP contribution in [-0.2, 0) is 4.79 Å². The third-order valence-corrected chi connectivity index (χ3v) is 5.35. The number of hydrogen-bond donors (Lipinski definition) is 1. The average Bonchev–Trinajstić information content (AvgIpc) is 2.78. The largest absolute Gasteiger partial charge is 0.493 e. The van der Waals surface area contributed by atoms with E-state index in [0.29, 0.717) is 53.0 Å². The monoisotopic (exact) mass is 432 g/mol. The Kier molecular flexibility index (Phi) is 7.05. The minimum atomic E-state index is -0.311. The number of halogens is 1. The van der Waals surface area contributed by atoms with E-state index in [0.717, 1.165) is 6.42 Å². The van der Waals surface area contributed by atoms with Gasteiger partial charge in [-0.15, -0.1) is 0 Å². The summed E-state index contributed by atoms with van der Waals surface area (Å²) >= 11 is 5.90. The number of methoxy groups -OCH3 is 3. The molecule has 1 heterocycles. The quantitative estimate of drug-likeness (QED) is 0.750. The Morgan fingerprint density at radius 3 is 2.23 bits per heavy atom. The fourth-order valence-corrected chi connectivity index (χ4v) is 3.67. The van der Waals surface area contributed by atoms with Crippen LogP contribution in [-0.4, -0.2) is 51.1 Å². The van der Waals surface area contributed by atoms with Crippen molar-refractivity contribution in [1.82, 2.24) is 4.90 Å². The SMILES string of the molecule is COc1cc(NC(=O)C2CCCN(C(=O)c3ccc(Cl)cc3)C2)cc(OC)c1OC. The third-order valence-electron chi connectivity index (χ3n) is 5.10. The summed E-state index contributed by atoms with van der Waals surface area (Å²) in [6.45, 7) is 0.979. The Balaban J connectivity index is 1.71. The molecule has 3 rings (SSSR count). The van der Waals surface area contributed by atoms with E-state index in [-0.39, 0.29) is 17.7 Å². The lowest BCUT2D eigenvalue weighted by Gasteiger charge is -2.32. The molecule has 1 unspecified atom stereocenters. The van der Waals surface area contributed by atoms with E-state index in [2.05, 4.69) is 5.32 Å². The van der Waals surface area contributed by atoms with Gasteiger partial charge in [-0.1, -0.05) is 11.6 Å². The Hall–Kier alpha value is -2.93. The van der Waals surface area contributed by atoms with Gasteiger partial charge >= 0.3 is 0 Å². The second-order valence-corrected chi connectivity index (χ2v) is 7.44. The number of nitrogens with one attached hydrogen (secondary N) is 1. The summed E-state index contributed by atoms with van der Waals surface area (Å²) in [6.07, 6.45) is 1.47. The number of nitrogens with zero attached hydrogens (tertiary/aromatic N) is 1. The Morgan fingerprint density at radius 1 is 1.03 bits per heavy atom. The number of anilines is 1. The first-order chi connectivity index (χ1) is 14.5. The van der Waals surface area contributed by atoms with Gasteiger partial charge in [-0.05, 0) is 37.1 Å². The zero-order valence-electron chi connectivity index (χ0n) is 17.2.